The normalized spacial score (nSPS) is 13.6. The first-order chi connectivity index (χ1) is 13.0. The van der Waals surface area contributed by atoms with E-state index >= 15 is 0 Å². The fraction of sp³-hybridized carbons (Fsp3) is 0.238. The molecule has 6 heteroatoms. The average molecular weight is 388 g/mol. The number of hydrogen-bond donors (Lipinski definition) is 0. The Labute approximate surface area is 162 Å². The topological polar surface area (TPSA) is 46.6 Å². The third-order valence-corrected chi connectivity index (χ3v) is 4.59. The van der Waals surface area contributed by atoms with Crippen LogP contribution in [0.3, 0.4) is 0 Å². The minimum atomic E-state index is -0.634. The summed E-state index contributed by atoms with van der Waals surface area (Å²) in [5, 5.41) is 0.516. The molecule has 2 aromatic rings. The second kappa shape index (κ2) is 8.82. The van der Waals surface area contributed by atoms with Gasteiger partial charge in [0.1, 0.15) is 5.82 Å². The molecule has 1 amide bonds. The lowest BCUT2D eigenvalue weighted by atomic mass is 10.2. The van der Waals surface area contributed by atoms with Crippen LogP contribution < -0.4 is 0 Å². The number of carbonyl (C=O) groups is 2. The van der Waals surface area contributed by atoms with Gasteiger partial charge in [0.15, 0.2) is 6.61 Å². The van der Waals surface area contributed by atoms with Gasteiger partial charge in [-0.3, -0.25) is 4.79 Å². The highest BCUT2D eigenvalue weighted by Gasteiger charge is 2.33. The van der Waals surface area contributed by atoms with Gasteiger partial charge < -0.3 is 9.64 Å². The highest BCUT2D eigenvalue weighted by molar-refractivity contribution is 6.32. The summed E-state index contributed by atoms with van der Waals surface area (Å²) in [7, 11) is 0. The highest BCUT2D eigenvalue weighted by Crippen LogP contribution is 2.29. The lowest BCUT2D eigenvalue weighted by Crippen LogP contribution is -2.36. The molecule has 0 atom stereocenters. The summed E-state index contributed by atoms with van der Waals surface area (Å²) in [4.78, 5) is 25.9. The molecule has 0 aromatic heterocycles. The SMILES string of the molecule is O=C(/C=C/c1ccccc1Cl)OCC(=O)N(Cc1ccccc1F)C1CC1. The van der Waals surface area contributed by atoms with Gasteiger partial charge in [-0.1, -0.05) is 48.0 Å². The number of rotatable bonds is 7. The third-order valence-electron chi connectivity index (χ3n) is 4.25. The van der Waals surface area contributed by atoms with Crippen molar-refractivity contribution in [2.45, 2.75) is 25.4 Å². The van der Waals surface area contributed by atoms with E-state index in [0.717, 1.165) is 12.8 Å². The molecule has 0 spiro atoms. The molecule has 0 unspecified atom stereocenters. The Morgan fingerprint density at radius 1 is 1.15 bits per heavy atom. The molecule has 0 heterocycles. The maximum Gasteiger partial charge on any atom is 0.331 e. The van der Waals surface area contributed by atoms with Gasteiger partial charge in [0.2, 0.25) is 0 Å². The smallest absolute Gasteiger partial charge is 0.331 e. The van der Waals surface area contributed by atoms with Crippen LogP contribution in [-0.4, -0.2) is 29.4 Å². The number of amides is 1. The van der Waals surface area contributed by atoms with Crippen LogP contribution in [-0.2, 0) is 20.9 Å². The van der Waals surface area contributed by atoms with Crippen LogP contribution >= 0.6 is 11.6 Å². The van der Waals surface area contributed by atoms with E-state index in [4.69, 9.17) is 16.3 Å². The van der Waals surface area contributed by atoms with Gasteiger partial charge in [-0.15, -0.1) is 0 Å². The molecule has 2 aromatic carbocycles. The minimum Gasteiger partial charge on any atom is -0.452 e. The van der Waals surface area contributed by atoms with Crippen molar-refractivity contribution >= 4 is 29.6 Å². The van der Waals surface area contributed by atoms with Crippen molar-refractivity contribution in [3.8, 4) is 0 Å². The number of halogens is 2. The van der Waals surface area contributed by atoms with Crippen molar-refractivity contribution in [1.29, 1.82) is 0 Å². The number of carbonyl (C=O) groups excluding carboxylic acids is 2. The Bertz CT molecular complexity index is 864. The molecule has 0 bridgehead atoms. The highest BCUT2D eigenvalue weighted by atomic mass is 35.5. The first-order valence-corrected chi connectivity index (χ1v) is 9.04. The van der Waals surface area contributed by atoms with Gasteiger partial charge in [-0.05, 0) is 36.6 Å². The molecule has 1 saturated carbocycles. The van der Waals surface area contributed by atoms with E-state index < -0.39 is 5.97 Å². The number of hydrogen-bond acceptors (Lipinski definition) is 3. The van der Waals surface area contributed by atoms with Crippen LogP contribution in [0.5, 0.6) is 0 Å². The summed E-state index contributed by atoms with van der Waals surface area (Å²) in [5.41, 5.74) is 1.13. The van der Waals surface area contributed by atoms with Crippen LogP contribution in [0.2, 0.25) is 5.02 Å². The van der Waals surface area contributed by atoms with E-state index in [1.165, 1.54) is 18.2 Å². The van der Waals surface area contributed by atoms with Gasteiger partial charge >= 0.3 is 5.97 Å². The van der Waals surface area contributed by atoms with Crippen LogP contribution in [0.15, 0.2) is 54.6 Å². The minimum absolute atomic E-state index is 0.0782. The molecule has 4 nitrogen and oxygen atoms in total. The second-order valence-corrected chi connectivity index (χ2v) is 6.71. The molecule has 1 aliphatic carbocycles. The average Bonchev–Trinajstić information content (AvgIpc) is 3.50. The van der Waals surface area contributed by atoms with Crippen molar-refractivity contribution in [2.75, 3.05) is 6.61 Å². The van der Waals surface area contributed by atoms with Crippen molar-refractivity contribution in [3.05, 3.63) is 76.6 Å². The predicted octanol–water partition coefficient (Wildman–Crippen LogP) is 4.23. The zero-order chi connectivity index (χ0) is 19.2. The summed E-state index contributed by atoms with van der Waals surface area (Å²) in [6, 6.07) is 13.5. The molecule has 1 aliphatic rings. The third kappa shape index (κ3) is 5.41. The first-order valence-electron chi connectivity index (χ1n) is 8.67. The first kappa shape index (κ1) is 19.1. The van der Waals surface area contributed by atoms with Gasteiger partial charge in [0.05, 0.1) is 0 Å². The summed E-state index contributed by atoms with van der Waals surface area (Å²) in [6.07, 6.45) is 4.51. The van der Waals surface area contributed by atoms with Crippen molar-refractivity contribution in [3.63, 3.8) is 0 Å². The van der Waals surface area contributed by atoms with Gasteiger partial charge in [0, 0.05) is 29.2 Å². The lowest BCUT2D eigenvalue weighted by molar-refractivity contribution is -0.148. The molecule has 27 heavy (non-hydrogen) atoms. The van der Waals surface area contributed by atoms with Crippen LogP contribution in [0.1, 0.15) is 24.0 Å². The molecular weight excluding hydrogens is 369 g/mol. The van der Waals surface area contributed by atoms with Crippen molar-refractivity contribution in [1.82, 2.24) is 4.90 Å². The zero-order valence-corrected chi connectivity index (χ0v) is 15.4. The van der Waals surface area contributed by atoms with E-state index in [9.17, 15) is 14.0 Å². The second-order valence-electron chi connectivity index (χ2n) is 6.31. The Morgan fingerprint density at radius 2 is 1.85 bits per heavy atom. The van der Waals surface area contributed by atoms with Crippen molar-refractivity contribution in [2.24, 2.45) is 0 Å². The molecule has 140 valence electrons. The molecule has 0 aliphatic heterocycles. The fourth-order valence-corrected chi connectivity index (χ4v) is 2.85. The summed E-state index contributed by atoms with van der Waals surface area (Å²) >= 11 is 6.01. The van der Waals surface area contributed by atoms with Crippen molar-refractivity contribution < 1.29 is 18.7 Å². The van der Waals surface area contributed by atoms with E-state index in [-0.39, 0.29) is 30.9 Å². The quantitative estimate of drug-likeness (QED) is 0.527. The fourth-order valence-electron chi connectivity index (χ4n) is 2.65. The molecule has 1 fully saturated rings. The van der Waals surface area contributed by atoms with Crippen LogP contribution in [0, 0.1) is 5.82 Å². The Hall–Kier alpha value is -2.66. The molecule has 0 saturated heterocycles. The zero-order valence-electron chi connectivity index (χ0n) is 14.6. The Balaban J connectivity index is 1.56. The summed E-state index contributed by atoms with van der Waals surface area (Å²) in [5.74, 6) is -1.32. The Kier molecular flexibility index (Phi) is 6.24. The largest absolute Gasteiger partial charge is 0.452 e. The molecular formula is C21H19ClFNO3. The number of esters is 1. The Morgan fingerprint density at radius 3 is 2.56 bits per heavy atom. The summed E-state index contributed by atoms with van der Waals surface area (Å²) in [6.45, 7) is -0.208. The lowest BCUT2D eigenvalue weighted by Gasteiger charge is -2.22. The van der Waals surface area contributed by atoms with Gasteiger partial charge in [0.25, 0.3) is 5.91 Å². The van der Waals surface area contributed by atoms with E-state index in [1.54, 1.807) is 47.4 Å². The number of ether oxygens (including phenoxy) is 1. The van der Waals surface area contributed by atoms with E-state index in [0.29, 0.717) is 16.1 Å². The standard InChI is InChI=1S/C21H19ClFNO3/c22-18-7-3-1-5-15(18)9-12-21(26)27-14-20(25)24(17-10-11-17)13-16-6-2-4-8-19(16)23/h1-9,12,17H,10-11,13-14H2/b12-9+. The molecule has 0 N–H and O–H groups in total. The maximum atomic E-state index is 13.9. The molecule has 0 radical (unpaired) electrons. The van der Waals surface area contributed by atoms with Crippen LogP contribution in [0.4, 0.5) is 4.39 Å². The number of nitrogens with zero attached hydrogens (tertiary/aromatic N) is 1. The van der Waals surface area contributed by atoms with E-state index in [2.05, 4.69) is 0 Å². The monoisotopic (exact) mass is 387 g/mol. The molecule has 3 rings (SSSR count). The summed E-state index contributed by atoms with van der Waals surface area (Å²) < 4.78 is 18.9. The van der Waals surface area contributed by atoms with Gasteiger partial charge in [-0.25, -0.2) is 9.18 Å². The van der Waals surface area contributed by atoms with Crippen LogP contribution in [0.25, 0.3) is 6.08 Å². The number of benzene rings is 2. The predicted molar refractivity (Wildman–Crippen MR) is 101 cm³/mol. The van der Waals surface area contributed by atoms with E-state index in [1.807, 2.05) is 0 Å². The maximum absolute atomic E-state index is 13.9. The van der Waals surface area contributed by atoms with Gasteiger partial charge in [-0.2, -0.15) is 0 Å².